The van der Waals surface area contributed by atoms with E-state index in [4.69, 9.17) is 9.84 Å². The second-order valence-electron chi connectivity index (χ2n) is 6.17. The lowest BCUT2D eigenvalue weighted by atomic mass is 10.2. The van der Waals surface area contributed by atoms with Crippen LogP contribution in [0.2, 0.25) is 0 Å². The zero-order valence-corrected chi connectivity index (χ0v) is 14.2. The highest BCUT2D eigenvalue weighted by atomic mass is 16.6. The van der Waals surface area contributed by atoms with Crippen LogP contribution in [0.4, 0.5) is 4.79 Å². The zero-order valence-electron chi connectivity index (χ0n) is 14.2. The van der Waals surface area contributed by atoms with E-state index in [0.717, 1.165) is 0 Å². The van der Waals surface area contributed by atoms with E-state index < -0.39 is 47.6 Å². The molecule has 0 aromatic carbocycles. The summed E-state index contributed by atoms with van der Waals surface area (Å²) >= 11 is 0. The van der Waals surface area contributed by atoms with E-state index in [0.29, 0.717) is 0 Å². The van der Waals surface area contributed by atoms with E-state index in [9.17, 15) is 19.2 Å². The van der Waals surface area contributed by atoms with Crippen LogP contribution in [0.15, 0.2) is 0 Å². The molecule has 3 unspecified atom stereocenters. The summed E-state index contributed by atoms with van der Waals surface area (Å²) in [5.74, 6) is -2.42. The Labute approximate surface area is 135 Å². The number of carboxylic acids is 1. The van der Waals surface area contributed by atoms with Crippen molar-refractivity contribution in [2.75, 3.05) is 0 Å². The normalized spacial score (nSPS) is 14.9. The van der Waals surface area contributed by atoms with Crippen molar-refractivity contribution < 1.29 is 29.0 Å². The average molecular weight is 331 g/mol. The van der Waals surface area contributed by atoms with Gasteiger partial charge in [-0.15, -0.1) is 0 Å². The molecule has 9 heteroatoms. The van der Waals surface area contributed by atoms with Crippen molar-refractivity contribution in [2.24, 2.45) is 0 Å². The van der Waals surface area contributed by atoms with Gasteiger partial charge in [-0.25, -0.2) is 4.79 Å². The molecule has 0 rings (SSSR count). The van der Waals surface area contributed by atoms with Gasteiger partial charge in [-0.3, -0.25) is 14.4 Å². The SMILES string of the molecule is CC(NC(=O)C(C)NC(=O)C(C)NC(=O)OC(C)(C)C)C(=O)O. The Balaban J connectivity index is 4.43. The highest BCUT2D eigenvalue weighted by molar-refractivity contribution is 5.92. The first-order chi connectivity index (χ1) is 10.3. The van der Waals surface area contributed by atoms with E-state index in [2.05, 4.69) is 16.0 Å². The lowest BCUT2D eigenvalue weighted by Crippen LogP contribution is -2.53. The summed E-state index contributed by atoms with van der Waals surface area (Å²) in [6.07, 6.45) is -0.753. The van der Waals surface area contributed by atoms with Crippen LogP contribution in [0.5, 0.6) is 0 Å². The number of hydrogen-bond donors (Lipinski definition) is 4. The van der Waals surface area contributed by atoms with Crippen molar-refractivity contribution in [3.63, 3.8) is 0 Å². The summed E-state index contributed by atoms with van der Waals surface area (Å²) in [7, 11) is 0. The molecular weight excluding hydrogens is 306 g/mol. The summed E-state index contributed by atoms with van der Waals surface area (Å²) in [5, 5.41) is 15.7. The third-order valence-electron chi connectivity index (χ3n) is 2.61. The zero-order chi connectivity index (χ0) is 18.4. The first-order valence-electron chi connectivity index (χ1n) is 7.16. The molecular formula is C14H25N3O6. The van der Waals surface area contributed by atoms with Crippen LogP contribution in [0.1, 0.15) is 41.5 Å². The van der Waals surface area contributed by atoms with Crippen LogP contribution in [-0.2, 0) is 19.1 Å². The molecule has 0 aliphatic rings. The molecule has 0 saturated heterocycles. The van der Waals surface area contributed by atoms with Crippen molar-refractivity contribution in [1.29, 1.82) is 0 Å². The second-order valence-corrected chi connectivity index (χ2v) is 6.17. The molecule has 3 atom stereocenters. The Morgan fingerprint density at radius 3 is 1.61 bits per heavy atom. The molecule has 0 heterocycles. The maximum atomic E-state index is 11.9. The fraction of sp³-hybridized carbons (Fsp3) is 0.714. The number of aliphatic carboxylic acids is 1. The number of carbonyl (C=O) groups is 4. The Hall–Kier alpha value is -2.32. The third kappa shape index (κ3) is 8.64. The lowest BCUT2D eigenvalue weighted by Gasteiger charge is -2.22. The van der Waals surface area contributed by atoms with Crippen LogP contribution in [0.25, 0.3) is 0 Å². The van der Waals surface area contributed by atoms with Crippen LogP contribution >= 0.6 is 0 Å². The van der Waals surface area contributed by atoms with Crippen molar-refractivity contribution in [2.45, 2.75) is 65.3 Å². The average Bonchev–Trinajstić information content (AvgIpc) is 2.35. The lowest BCUT2D eigenvalue weighted by molar-refractivity contribution is -0.141. The monoisotopic (exact) mass is 331 g/mol. The van der Waals surface area contributed by atoms with Gasteiger partial charge >= 0.3 is 12.1 Å². The minimum absolute atomic E-state index is 0.596. The molecule has 0 aromatic heterocycles. The number of hydrogen-bond acceptors (Lipinski definition) is 5. The van der Waals surface area contributed by atoms with Gasteiger partial charge < -0.3 is 25.8 Å². The molecule has 0 aromatic rings. The number of carboxylic acid groups (broad SMARTS) is 1. The van der Waals surface area contributed by atoms with Gasteiger partial charge in [0.15, 0.2) is 0 Å². The molecule has 0 aliphatic carbocycles. The van der Waals surface area contributed by atoms with Crippen LogP contribution in [0.3, 0.4) is 0 Å². The standard InChI is InChI=1S/C14H25N3O6/c1-7(10(18)16-9(3)12(20)21)15-11(19)8(2)17-13(22)23-14(4,5)6/h7-9H,1-6H3,(H,15,19)(H,16,18)(H,17,22)(H,20,21). The molecule has 23 heavy (non-hydrogen) atoms. The number of amides is 3. The number of ether oxygens (including phenoxy) is 1. The summed E-state index contributed by atoms with van der Waals surface area (Å²) in [6.45, 7) is 9.21. The van der Waals surface area contributed by atoms with E-state index in [1.165, 1.54) is 20.8 Å². The fourth-order valence-electron chi connectivity index (χ4n) is 1.35. The van der Waals surface area contributed by atoms with Crippen LogP contribution in [0, 0.1) is 0 Å². The molecule has 0 spiro atoms. The van der Waals surface area contributed by atoms with Gasteiger partial charge in [-0.1, -0.05) is 0 Å². The molecule has 0 radical (unpaired) electrons. The van der Waals surface area contributed by atoms with Gasteiger partial charge in [0.1, 0.15) is 23.7 Å². The molecule has 9 nitrogen and oxygen atoms in total. The number of rotatable bonds is 6. The third-order valence-corrected chi connectivity index (χ3v) is 2.61. The Kier molecular flexibility index (Phi) is 7.51. The highest BCUT2D eigenvalue weighted by Gasteiger charge is 2.24. The van der Waals surface area contributed by atoms with Gasteiger partial charge in [0.25, 0.3) is 0 Å². The predicted molar refractivity (Wildman–Crippen MR) is 81.7 cm³/mol. The van der Waals surface area contributed by atoms with Crippen LogP contribution < -0.4 is 16.0 Å². The maximum Gasteiger partial charge on any atom is 0.408 e. The van der Waals surface area contributed by atoms with E-state index in [-0.39, 0.29) is 0 Å². The maximum absolute atomic E-state index is 11.9. The molecule has 4 N–H and O–H groups in total. The van der Waals surface area contributed by atoms with Crippen LogP contribution in [-0.4, -0.2) is 52.7 Å². The minimum atomic E-state index is -1.18. The summed E-state index contributed by atoms with van der Waals surface area (Å²) in [4.78, 5) is 45.8. The number of carbonyl (C=O) groups excluding carboxylic acids is 3. The van der Waals surface area contributed by atoms with Crippen molar-refractivity contribution in [3.8, 4) is 0 Å². The fourth-order valence-corrected chi connectivity index (χ4v) is 1.35. The second kappa shape index (κ2) is 8.35. The van der Waals surface area contributed by atoms with Crippen molar-refractivity contribution >= 4 is 23.9 Å². The highest BCUT2D eigenvalue weighted by Crippen LogP contribution is 2.06. The van der Waals surface area contributed by atoms with Crippen molar-refractivity contribution in [3.05, 3.63) is 0 Å². The quantitative estimate of drug-likeness (QED) is 0.541. The van der Waals surface area contributed by atoms with E-state index >= 15 is 0 Å². The van der Waals surface area contributed by atoms with Gasteiger partial charge in [0.2, 0.25) is 11.8 Å². The van der Waals surface area contributed by atoms with Gasteiger partial charge in [0.05, 0.1) is 0 Å². The van der Waals surface area contributed by atoms with Gasteiger partial charge in [0, 0.05) is 0 Å². The molecule has 0 saturated carbocycles. The predicted octanol–water partition coefficient (Wildman–Crippen LogP) is -0.00640. The Morgan fingerprint density at radius 1 is 0.826 bits per heavy atom. The number of nitrogens with one attached hydrogen (secondary N) is 3. The molecule has 132 valence electrons. The van der Waals surface area contributed by atoms with E-state index in [1.54, 1.807) is 20.8 Å². The molecule has 0 bridgehead atoms. The van der Waals surface area contributed by atoms with E-state index in [1.807, 2.05) is 0 Å². The smallest absolute Gasteiger partial charge is 0.408 e. The summed E-state index contributed by atoms with van der Waals surface area (Å²) in [6, 6.07) is -2.94. The largest absolute Gasteiger partial charge is 0.480 e. The minimum Gasteiger partial charge on any atom is -0.480 e. The first kappa shape index (κ1) is 20.7. The van der Waals surface area contributed by atoms with Gasteiger partial charge in [-0.2, -0.15) is 0 Å². The Bertz CT molecular complexity index is 472. The molecule has 0 aliphatic heterocycles. The Morgan fingerprint density at radius 2 is 1.22 bits per heavy atom. The summed E-state index contributed by atoms with van der Waals surface area (Å²) in [5.41, 5.74) is -0.694. The molecule has 0 fully saturated rings. The van der Waals surface area contributed by atoms with Crippen molar-refractivity contribution in [1.82, 2.24) is 16.0 Å². The summed E-state index contributed by atoms with van der Waals surface area (Å²) < 4.78 is 5.02. The number of alkyl carbamates (subject to hydrolysis) is 1. The van der Waals surface area contributed by atoms with Gasteiger partial charge in [-0.05, 0) is 41.5 Å². The molecule has 3 amide bonds. The first-order valence-corrected chi connectivity index (χ1v) is 7.16. The topological polar surface area (TPSA) is 134 Å².